The van der Waals surface area contributed by atoms with E-state index in [1.54, 1.807) is 7.11 Å². The van der Waals surface area contributed by atoms with Crippen LogP contribution >= 0.6 is 0 Å². The molecule has 0 aliphatic heterocycles. The van der Waals surface area contributed by atoms with E-state index in [-0.39, 0.29) is 13.2 Å². The minimum absolute atomic E-state index is 0.196. The molecule has 1 aliphatic carbocycles. The quantitative estimate of drug-likeness (QED) is 0.295. The van der Waals surface area contributed by atoms with Crippen LogP contribution in [-0.2, 0) is 17.7 Å². The Balaban J connectivity index is 1.69. The van der Waals surface area contributed by atoms with Gasteiger partial charge in [0, 0.05) is 19.1 Å². The first kappa shape index (κ1) is 24.8. The summed E-state index contributed by atoms with van der Waals surface area (Å²) in [5.41, 5.74) is 2.88. The van der Waals surface area contributed by atoms with E-state index in [1.807, 2.05) is 59.3 Å². The molecule has 3 aromatic rings. The van der Waals surface area contributed by atoms with Crippen LogP contribution in [0.25, 0.3) is 5.69 Å². The Bertz CT molecular complexity index is 1130. The summed E-state index contributed by atoms with van der Waals surface area (Å²) in [5.74, 6) is 4.37. The fraction of sp³-hybridized carbons (Fsp3) is 0.393. The number of nitrogens with zero attached hydrogens (tertiary/aromatic N) is 3. The molecule has 1 atom stereocenters. The molecule has 0 unspecified atom stereocenters. The van der Waals surface area contributed by atoms with Gasteiger partial charge in [-0.05, 0) is 43.5 Å². The third-order valence-corrected chi connectivity index (χ3v) is 6.00. The molecule has 1 saturated carbocycles. The van der Waals surface area contributed by atoms with Crippen molar-refractivity contribution >= 4 is 0 Å². The maximum absolute atomic E-state index is 10.6. The van der Waals surface area contributed by atoms with Gasteiger partial charge in [-0.15, -0.1) is 6.42 Å². The Kier molecular flexibility index (Phi) is 8.43. The van der Waals surface area contributed by atoms with Crippen LogP contribution in [-0.4, -0.2) is 58.8 Å². The average molecular weight is 476 g/mol. The summed E-state index contributed by atoms with van der Waals surface area (Å²) in [5, 5.41) is 15.5. The van der Waals surface area contributed by atoms with E-state index in [2.05, 4.69) is 17.7 Å². The molecule has 184 valence electrons. The monoisotopic (exact) mass is 475 g/mol. The van der Waals surface area contributed by atoms with Crippen LogP contribution in [0.2, 0.25) is 0 Å². The van der Waals surface area contributed by atoms with Gasteiger partial charge in [-0.25, -0.2) is 4.68 Å². The first-order chi connectivity index (χ1) is 17.1. The van der Waals surface area contributed by atoms with Crippen molar-refractivity contribution in [2.75, 3.05) is 26.9 Å². The summed E-state index contributed by atoms with van der Waals surface area (Å²) in [6.45, 7) is 3.60. The molecule has 1 aliphatic rings. The number of rotatable bonds is 13. The van der Waals surface area contributed by atoms with E-state index in [1.165, 1.54) is 0 Å². The highest BCUT2D eigenvalue weighted by molar-refractivity contribution is 5.47. The number of methoxy groups -OCH3 is 1. The molecule has 1 fully saturated rings. The normalized spacial score (nSPS) is 14.0. The van der Waals surface area contributed by atoms with E-state index in [9.17, 15) is 5.11 Å². The van der Waals surface area contributed by atoms with Gasteiger partial charge in [0.1, 0.15) is 6.61 Å². The van der Waals surface area contributed by atoms with E-state index in [0.717, 1.165) is 36.2 Å². The van der Waals surface area contributed by atoms with Crippen LogP contribution in [0.4, 0.5) is 0 Å². The van der Waals surface area contributed by atoms with Crippen molar-refractivity contribution in [2.24, 2.45) is 0 Å². The maximum Gasteiger partial charge on any atom is 0.227 e. The Morgan fingerprint density at radius 3 is 2.51 bits per heavy atom. The first-order valence-electron chi connectivity index (χ1n) is 12.0. The molecule has 1 N–H and O–H groups in total. The molecular formula is C28H33N3O4. The maximum atomic E-state index is 10.6. The van der Waals surface area contributed by atoms with Gasteiger partial charge in [0.05, 0.1) is 36.8 Å². The minimum atomic E-state index is -0.628. The number of aliphatic hydroxyl groups excluding tert-OH is 1. The average Bonchev–Trinajstić information content (AvgIpc) is 3.68. The summed E-state index contributed by atoms with van der Waals surface area (Å²) < 4.78 is 19.3. The molecule has 7 nitrogen and oxygen atoms in total. The van der Waals surface area contributed by atoms with Crippen LogP contribution in [0.1, 0.15) is 31.0 Å². The summed E-state index contributed by atoms with van der Waals surface area (Å²) in [4.78, 5) is 2.30. The van der Waals surface area contributed by atoms with Gasteiger partial charge < -0.3 is 19.3 Å². The fourth-order valence-corrected chi connectivity index (χ4v) is 4.14. The zero-order valence-electron chi connectivity index (χ0n) is 20.4. The van der Waals surface area contributed by atoms with Gasteiger partial charge in [-0.2, -0.15) is 5.10 Å². The van der Waals surface area contributed by atoms with Gasteiger partial charge in [0.25, 0.3) is 0 Å². The molecule has 1 heterocycles. The predicted molar refractivity (Wildman–Crippen MR) is 135 cm³/mol. The Morgan fingerprint density at radius 2 is 1.86 bits per heavy atom. The second-order valence-electron chi connectivity index (χ2n) is 8.62. The molecule has 0 amide bonds. The van der Waals surface area contributed by atoms with Crippen LogP contribution in [0.5, 0.6) is 17.4 Å². The molecule has 0 radical (unpaired) electrons. The Labute approximate surface area is 207 Å². The molecule has 35 heavy (non-hydrogen) atoms. The second kappa shape index (κ2) is 11.9. The molecule has 0 spiro atoms. The van der Waals surface area contributed by atoms with Gasteiger partial charge in [0.15, 0.2) is 11.5 Å². The van der Waals surface area contributed by atoms with Crippen molar-refractivity contribution in [3.8, 4) is 35.4 Å². The summed E-state index contributed by atoms with van der Waals surface area (Å²) in [6.07, 6.45) is 7.60. The Morgan fingerprint density at radius 1 is 1.14 bits per heavy atom. The lowest BCUT2D eigenvalue weighted by Crippen LogP contribution is -2.36. The van der Waals surface area contributed by atoms with Crippen molar-refractivity contribution in [2.45, 2.75) is 44.9 Å². The predicted octanol–water partition coefficient (Wildman–Crippen LogP) is 4.21. The van der Waals surface area contributed by atoms with Gasteiger partial charge in [-0.3, -0.25) is 4.90 Å². The molecule has 0 saturated heterocycles. The second-order valence-corrected chi connectivity index (χ2v) is 8.62. The largest absolute Gasteiger partial charge is 0.493 e. The van der Waals surface area contributed by atoms with Gasteiger partial charge >= 0.3 is 0 Å². The third-order valence-electron chi connectivity index (χ3n) is 6.00. The molecule has 0 bridgehead atoms. The number of para-hydroxylation sites is 3. The highest BCUT2D eigenvalue weighted by atomic mass is 16.5. The number of aromatic nitrogens is 2. The number of hydrogen-bond acceptors (Lipinski definition) is 6. The standard InChI is InChI=1S/C28H33N3O4/c1-4-17-34-20-23(32)18-30(21-15-16-21)19-24-25(5-2)29-31(22-11-7-6-8-12-22)28(24)35-27-14-10-9-13-26(27)33-3/h1,6-14,21,23,32H,5,15-20H2,2-3H3/t23-/m0/s1. The number of ether oxygens (including phenoxy) is 3. The molecule has 4 rings (SSSR count). The third kappa shape index (κ3) is 6.23. The number of terminal acetylenes is 1. The van der Waals surface area contributed by atoms with E-state index >= 15 is 0 Å². The topological polar surface area (TPSA) is 69.0 Å². The van der Waals surface area contributed by atoms with Gasteiger partial charge in [-0.1, -0.05) is 43.2 Å². The van der Waals surface area contributed by atoms with E-state index in [0.29, 0.717) is 36.5 Å². The zero-order chi connectivity index (χ0) is 24.6. The molecule has 1 aromatic heterocycles. The van der Waals surface area contributed by atoms with Crippen LogP contribution < -0.4 is 9.47 Å². The lowest BCUT2D eigenvalue weighted by Gasteiger charge is -2.25. The number of benzene rings is 2. The van der Waals surface area contributed by atoms with Crippen LogP contribution in [0.15, 0.2) is 54.6 Å². The number of aliphatic hydroxyl groups is 1. The molecular weight excluding hydrogens is 442 g/mol. The lowest BCUT2D eigenvalue weighted by molar-refractivity contribution is 0.0240. The fourth-order valence-electron chi connectivity index (χ4n) is 4.14. The van der Waals surface area contributed by atoms with Crippen molar-refractivity contribution in [3.63, 3.8) is 0 Å². The van der Waals surface area contributed by atoms with E-state index < -0.39 is 6.10 Å². The van der Waals surface area contributed by atoms with Gasteiger partial charge in [0.2, 0.25) is 5.88 Å². The van der Waals surface area contributed by atoms with E-state index in [4.69, 9.17) is 25.7 Å². The minimum Gasteiger partial charge on any atom is -0.493 e. The summed E-state index contributed by atoms with van der Waals surface area (Å²) in [7, 11) is 1.63. The molecule has 2 aromatic carbocycles. The Hall–Kier alpha value is -3.31. The summed E-state index contributed by atoms with van der Waals surface area (Å²) >= 11 is 0. The van der Waals surface area contributed by atoms with Crippen LogP contribution in [0, 0.1) is 12.3 Å². The van der Waals surface area contributed by atoms with Crippen molar-refractivity contribution < 1.29 is 19.3 Å². The zero-order valence-corrected chi connectivity index (χ0v) is 20.4. The molecule has 7 heteroatoms. The van der Waals surface area contributed by atoms with Crippen molar-refractivity contribution in [1.29, 1.82) is 0 Å². The van der Waals surface area contributed by atoms with Crippen molar-refractivity contribution in [3.05, 3.63) is 65.9 Å². The van der Waals surface area contributed by atoms with Crippen LogP contribution in [0.3, 0.4) is 0 Å². The first-order valence-corrected chi connectivity index (χ1v) is 12.0. The highest BCUT2D eigenvalue weighted by Gasteiger charge is 2.33. The van der Waals surface area contributed by atoms with Crippen molar-refractivity contribution in [1.82, 2.24) is 14.7 Å². The number of hydrogen-bond donors (Lipinski definition) is 1. The highest BCUT2D eigenvalue weighted by Crippen LogP contribution is 2.38. The lowest BCUT2D eigenvalue weighted by atomic mass is 10.1. The number of aryl methyl sites for hydroxylation is 1. The smallest absolute Gasteiger partial charge is 0.227 e. The summed E-state index contributed by atoms with van der Waals surface area (Å²) in [6, 6.07) is 18.0. The SMILES string of the molecule is C#CCOC[C@@H](O)CN(Cc1c(CC)nn(-c2ccccc2)c1Oc1ccccc1OC)C1CC1.